The Bertz CT molecular complexity index is 800. The topological polar surface area (TPSA) is 124 Å². The summed E-state index contributed by atoms with van der Waals surface area (Å²) in [5, 5.41) is 4.01. The van der Waals surface area contributed by atoms with Crippen LogP contribution in [-0.2, 0) is 15.0 Å². The Labute approximate surface area is 147 Å². The number of carbonyl (C=O) groups excluding carboxylic acids is 2. The number of nitrogens with zero attached hydrogens (tertiary/aromatic N) is 2. The minimum Gasteiger partial charge on any atom is -0.372 e. The van der Waals surface area contributed by atoms with Crippen molar-refractivity contribution >= 4 is 29.2 Å². The van der Waals surface area contributed by atoms with E-state index in [1.165, 1.54) is 0 Å². The molecule has 7 nitrogen and oxygen atoms in total. The van der Waals surface area contributed by atoms with E-state index in [4.69, 9.17) is 10.5 Å². The minimum absolute atomic E-state index is 0.137. The van der Waals surface area contributed by atoms with Crippen LogP contribution in [0.25, 0.3) is 10.9 Å². The van der Waals surface area contributed by atoms with Gasteiger partial charge in [0.15, 0.2) is 0 Å². The summed E-state index contributed by atoms with van der Waals surface area (Å²) in [4.78, 5) is 29.8. The number of carbonyl (C=O) groups is 2. The van der Waals surface area contributed by atoms with Crippen LogP contribution in [0.15, 0.2) is 12.1 Å². The minimum atomic E-state index is -0.387. The van der Waals surface area contributed by atoms with E-state index in [0.717, 1.165) is 47.0 Å². The van der Waals surface area contributed by atoms with Gasteiger partial charge in [-0.25, -0.2) is 9.97 Å². The molecule has 0 radical (unpaired) electrons. The van der Waals surface area contributed by atoms with Crippen molar-refractivity contribution in [2.24, 2.45) is 5.73 Å². The van der Waals surface area contributed by atoms with Crippen LogP contribution in [0.5, 0.6) is 0 Å². The second kappa shape index (κ2) is 7.46. The first-order chi connectivity index (χ1) is 11.9. The number of nitrogens with two attached hydrogens (primary N) is 2. The van der Waals surface area contributed by atoms with Crippen LogP contribution in [0.1, 0.15) is 43.0 Å². The van der Waals surface area contributed by atoms with E-state index < -0.39 is 0 Å². The molecule has 25 heavy (non-hydrogen) atoms. The molecule has 1 aliphatic rings. The molecule has 0 bridgehead atoms. The molecule has 1 fully saturated rings. The van der Waals surface area contributed by atoms with Crippen molar-refractivity contribution in [3.8, 4) is 0 Å². The van der Waals surface area contributed by atoms with Gasteiger partial charge in [-0.2, -0.15) is 0 Å². The third-order valence-electron chi connectivity index (χ3n) is 4.82. The summed E-state index contributed by atoms with van der Waals surface area (Å²) in [5.41, 5.74) is 13.4. The average Bonchev–Trinajstić information content (AvgIpc) is 2.48. The van der Waals surface area contributed by atoms with Gasteiger partial charge in [0.1, 0.15) is 0 Å². The third-order valence-corrected chi connectivity index (χ3v) is 4.82. The Hall–Kier alpha value is -2.70. The normalized spacial score (nSPS) is 14.8. The zero-order valence-electron chi connectivity index (χ0n) is 14.9. The van der Waals surface area contributed by atoms with Crippen LogP contribution in [0.4, 0.5) is 5.95 Å². The number of anilines is 1. The molecule has 0 spiro atoms. The number of primary amides is 1. The molecule has 2 aromatic rings. The highest BCUT2D eigenvalue weighted by Gasteiger charge is 2.46. The highest BCUT2D eigenvalue weighted by Crippen LogP contribution is 2.46. The number of benzene rings is 1. The lowest BCUT2D eigenvalue weighted by Gasteiger charge is -2.41. The molecule has 0 unspecified atom stereocenters. The smallest absolute Gasteiger partial charge is 0.230 e. The second-order valence-electron chi connectivity index (χ2n) is 6.23. The molecule has 1 heterocycles. The molecule has 1 saturated carbocycles. The van der Waals surface area contributed by atoms with Gasteiger partial charge in [0.05, 0.1) is 16.6 Å². The number of amides is 2. The molecule has 2 amide bonds. The Morgan fingerprint density at radius 1 is 1.32 bits per heavy atom. The van der Waals surface area contributed by atoms with Crippen molar-refractivity contribution in [1.82, 2.24) is 15.3 Å². The van der Waals surface area contributed by atoms with E-state index >= 15 is 0 Å². The summed E-state index contributed by atoms with van der Waals surface area (Å²) in [6, 6.07) is 4.00. The number of nitrogens with one attached hydrogen (secondary N) is 1. The maximum Gasteiger partial charge on any atom is 0.230 e. The quantitative estimate of drug-likeness (QED) is 0.728. The lowest BCUT2D eigenvalue weighted by atomic mass is 9.62. The third kappa shape index (κ3) is 3.26. The van der Waals surface area contributed by atoms with Crippen LogP contribution < -0.4 is 16.8 Å². The summed E-state index contributed by atoms with van der Waals surface area (Å²) in [6.07, 6.45) is 3.14. The van der Waals surface area contributed by atoms with Crippen molar-refractivity contribution < 1.29 is 9.59 Å². The van der Waals surface area contributed by atoms with E-state index in [0.29, 0.717) is 12.5 Å². The Balaban J connectivity index is 0.000000701. The van der Waals surface area contributed by atoms with E-state index in [1.807, 2.05) is 26.0 Å². The van der Waals surface area contributed by atoms with Crippen molar-refractivity contribution in [2.45, 2.75) is 45.4 Å². The van der Waals surface area contributed by atoms with E-state index in [2.05, 4.69) is 27.9 Å². The van der Waals surface area contributed by atoms with Crippen molar-refractivity contribution in [3.05, 3.63) is 29.0 Å². The van der Waals surface area contributed by atoms with E-state index in [1.54, 1.807) is 0 Å². The number of aromatic nitrogens is 2. The molecular weight excluding hydrogens is 318 g/mol. The summed E-state index contributed by atoms with van der Waals surface area (Å²) in [5.74, 6) is 0.428. The van der Waals surface area contributed by atoms with Gasteiger partial charge in [-0.05, 0) is 50.8 Å². The predicted molar refractivity (Wildman–Crippen MR) is 97.9 cm³/mol. The monoisotopic (exact) mass is 343 g/mol. The highest BCUT2D eigenvalue weighted by atomic mass is 16.2. The van der Waals surface area contributed by atoms with Crippen LogP contribution in [-0.4, -0.2) is 28.8 Å². The summed E-state index contributed by atoms with van der Waals surface area (Å²) < 4.78 is 0. The summed E-state index contributed by atoms with van der Waals surface area (Å²) in [7, 11) is 0. The molecule has 1 aromatic carbocycles. The maximum absolute atomic E-state index is 12.6. The zero-order chi connectivity index (χ0) is 18.6. The fourth-order valence-electron chi connectivity index (χ4n) is 3.62. The van der Waals surface area contributed by atoms with Crippen molar-refractivity contribution in [1.29, 1.82) is 0 Å². The Kier molecular flexibility index (Phi) is 5.56. The van der Waals surface area contributed by atoms with Gasteiger partial charge < -0.3 is 16.8 Å². The van der Waals surface area contributed by atoms with Crippen LogP contribution in [0.3, 0.4) is 0 Å². The molecule has 1 aromatic heterocycles. The van der Waals surface area contributed by atoms with E-state index in [9.17, 15) is 4.79 Å². The number of rotatable bonds is 3. The number of likely N-dealkylation sites (N-methyl/N-ethyl adjacent to an activating group) is 1. The first kappa shape index (κ1) is 18.6. The number of nitrogen functional groups attached to an aromatic ring is 1. The fraction of sp³-hybridized carbons (Fsp3) is 0.444. The largest absolute Gasteiger partial charge is 0.372 e. The van der Waals surface area contributed by atoms with Gasteiger partial charge in [0.25, 0.3) is 0 Å². The Morgan fingerprint density at radius 3 is 2.48 bits per heavy atom. The average molecular weight is 343 g/mol. The van der Waals surface area contributed by atoms with Crippen molar-refractivity contribution in [3.63, 3.8) is 0 Å². The predicted octanol–water partition coefficient (Wildman–Crippen LogP) is 1.49. The van der Waals surface area contributed by atoms with Crippen LogP contribution in [0, 0.1) is 13.8 Å². The zero-order valence-corrected chi connectivity index (χ0v) is 14.9. The molecule has 3 rings (SSSR count). The summed E-state index contributed by atoms with van der Waals surface area (Å²) >= 11 is 0. The standard InChI is InChI=1S/C17H22N4O.CH3NO/c1-4-19-15(22)17(8-5-9-17)12-6-7-13-14(10(12)2)11(3)20-16(18)21-13;2-1-3/h6-7H,4-5,8-9H2,1-3H3,(H,19,22)(H2,18,20,21);1H,(H2,2,3). The highest BCUT2D eigenvalue weighted by molar-refractivity contribution is 5.93. The number of fused-ring (bicyclic) bond motifs is 1. The van der Waals surface area contributed by atoms with E-state index in [-0.39, 0.29) is 17.7 Å². The van der Waals surface area contributed by atoms with Gasteiger partial charge in [-0.3, -0.25) is 9.59 Å². The molecule has 134 valence electrons. The number of hydrogen-bond acceptors (Lipinski definition) is 5. The molecular formula is C18H25N5O2. The SMILES string of the molecule is CCNC(=O)C1(c2ccc3nc(N)nc(C)c3c2C)CCC1.NC=O. The van der Waals surface area contributed by atoms with Crippen LogP contribution in [0.2, 0.25) is 0 Å². The first-order valence-corrected chi connectivity index (χ1v) is 8.38. The molecule has 0 saturated heterocycles. The number of aryl methyl sites for hydroxylation is 2. The number of hydrogen-bond donors (Lipinski definition) is 3. The maximum atomic E-state index is 12.6. The van der Waals surface area contributed by atoms with Gasteiger partial charge in [-0.15, -0.1) is 0 Å². The van der Waals surface area contributed by atoms with Gasteiger partial charge in [0, 0.05) is 11.9 Å². The van der Waals surface area contributed by atoms with Gasteiger partial charge in [0.2, 0.25) is 18.3 Å². The summed E-state index contributed by atoms with van der Waals surface area (Å²) in [6.45, 7) is 6.62. The lowest BCUT2D eigenvalue weighted by Crippen LogP contribution is -2.49. The second-order valence-corrected chi connectivity index (χ2v) is 6.23. The van der Waals surface area contributed by atoms with Gasteiger partial charge >= 0.3 is 0 Å². The molecule has 0 aliphatic heterocycles. The molecule has 0 atom stereocenters. The molecule has 1 aliphatic carbocycles. The first-order valence-electron chi connectivity index (χ1n) is 8.38. The molecule has 7 heteroatoms. The molecule has 5 N–H and O–H groups in total. The fourth-order valence-corrected chi connectivity index (χ4v) is 3.62. The Morgan fingerprint density at radius 2 is 1.96 bits per heavy atom. The van der Waals surface area contributed by atoms with Crippen LogP contribution >= 0.6 is 0 Å². The van der Waals surface area contributed by atoms with Gasteiger partial charge in [-0.1, -0.05) is 12.5 Å². The lowest BCUT2D eigenvalue weighted by molar-refractivity contribution is -0.129. The van der Waals surface area contributed by atoms with Crippen molar-refractivity contribution in [2.75, 3.05) is 12.3 Å².